The molecule has 2 aromatic rings. The zero-order chi connectivity index (χ0) is 9.26. The fourth-order valence-electron chi connectivity index (χ4n) is 0.956. The molecule has 0 spiro atoms. The number of aromatic nitrogens is 4. The van der Waals surface area contributed by atoms with E-state index < -0.39 is 0 Å². The second-order valence-corrected chi connectivity index (χ2v) is 2.23. The lowest BCUT2D eigenvalue weighted by Crippen LogP contribution is -1.92. The summed E-state index contributed by atoms with van der Waals surface area (Å²) in [6, 6.07) is 0.0780. The van der Waals surface area contributed by atoms with Gasteiger partial charge in [0.1, 0.15) is 5.52 Å². The van der Waals surface area contributed by atoms with Gasteiger partial charge in [0.25, 0.3) is 0 Å². The molecule has 7 heteroatoms. The van der Waals surface area contributed by atoms with Gasteiger partial charge in [-0.25, -0.2) is 4.98 Å². The lowest BCUT2D eigenvalue weighted by atomic mass is 10.5. The highest BCUT2D eigenvalue weighted by atomic mass is 16.5. The van der Waals surface area contributed by atoms with Gasteiger partial charge < -0.3 is 9.72 Å². The monoisotopic (exact) mass is 179 g/mol. The molecule has 66 valence electrons. The van der Waals surface area contributed by atoms with E-state index in [1.165, 1.54) is 13.4 Å². The van der Waals surface area contributed by atoms with Crippen LogP contribution >= 0.6 is 0 Å². The molecule has 0 radical (unpaired) electrons. The minimum Gasteiger partial charge on any atom is -0.467 e. The van der Waals surface area contributed by atoms with Crippen molar-refractivity contribution >= 4 is 17.0 Å². The summed E-state index contributed by atoms with van der Waals surface area (Å²) in [5.74, 6) is -0.000602. The van der Waals surface area contributed by atoms with E-state index in [1.807, 2.05) is 0 Å². The van der Waals surface area contributed by atoms with Crippen molar-refractivity contribution in [2.75, 3.05) is 7.11 Å². The Bertz CT molecular complexity index is 451. The van der Waals surface area contributed by atoms with E-state index in [2.05, 4.69) is 25.1 Å². The molecule has 0 aliphatic heterocycles. The summed E-state index contributed by atoms with van der Waals surface area (Å²) in [6.07, 6.45) is 1.41. The summed E-state index contributed by atoms with van der Waals surface area (Å²) in [5.41, 5.74) is 0.775. The lowest BCUT2D eigenvalue weighted by molar-refractivity contribution is 0.382. The Morgan fingerprint density at radius 1 is 1.54 bits per heavy atom. The summed E-state index contributed by atoms with van der Waals surface area (Å²) in [5, 5.41) is 2.73. The number of nitroso groups, excluding NO2 is 1. The number of fused-ring (bicyclic) bond motifs is 1. The van der Waals surface area contributed by atoms with E-state index >= 15 is 0 Å². The normalized spacial score (nSPS) is 10.2. The largest absolute Gasteiger partial charge is 0.467 e. The molecule has 0 fully saturated rings. The van der Waals surface area contributed by atoms with Gasteiger partial charge in [0.2, 0.25) is 5.82 Å². The number of hydrogen-bond acceptors (Lipinski definition) is 6. The van der Waals surface area contributed by atoms with Crippen LogP contribution in [0.15, 0.2) is 11.5 Å². The van der Waals surface area contributed by atoms with Crippen molar-refractivity contribution in [2.24, 2.45) is 5.18 Å². The summed E-state index contributed by atoms with van der Waals surface area (Å²) in [4.78, 5) is 24.5. The number of rotatable bonds is 2. The van der Waals surface area contributed by atoms with Crippen LogP contribution in [0.1, 0.15) is 0 Å². The predicted octanol–water partition coefficient (Wildman–Crippen LogP) is 0.759. The number of methoxy groups -OCH3 is 1. The van der Waals surface area contributed by atoms with Gasteiger partial charge in [-0.3, -0.25) is 0 Å². The maximum atomic E-state index is 10.3. The summed E-state index contributed by atoms with van der Waals surface area (Å²) in [6.45, 7) is 0. The number of H-pyrrole nitrogens is 1. The van der Waals surface area contributed by atoms with E-state index in [-0.39, 0.29) is 11.8 Å². The van der Waals surface area contributed by atoms with Crippen LogP contribution in [-0.2, 0) is 0 Å². The Labute approximate surface area is 72.2 Å². The third-order valence-electron chi connectivity index (χ3n) is 1.52. The second-order valence-electron chi connectivity index (χ2n) is 2.23. The highest BCUT2D eigenvalue weighted by molar-refractivity contribution is 5.80. The highest BCUT2D eigenvalue weighted by Gasteiger charge is 2.09. The van der Waals surface area contributed by atoms with E-state index in [4.69, 9.17) is 4.74 Å². The van der Waals surface area contributed by atoms with Crippen LogP contribution in [0.2, 0.25) is 0 Å². The third-order valence-corrected chi connectivity index (χ3v) is 1.52. The first-order valence-electron chi connectivity index (χ1n) is 3.43. The summed E-state index contributed by atoms with van der Waals surface area (Å²) in [7, 11) is 1.41. The Balaban J connectivity index is 2.77. The zero-order valence-electron chi connectivity index (χ0n) is 6.68. The van der Waals surface area contributed by atoms with Crippen molar-refractivity contribution in [1.29, 1.82) is 0 Å². The number of aromatic amines is 1. The molecular weight excluding hydrogens is 174 g/mol. The topological polar surface area (TPSA) is 93.1 Å². The van der Waals surface area contributed by atoms with E-state index in [0.717, 1.165) is 0 Å². The van der Waals surface area contributed by atoms with Crippen molar-refractivity contribution in [3.63, 3.8) is 0 Å². The first-order chi connectivity index (χ1) is 6.35. The quantitative estimate of drug-likeness (QED) is 0.687. The molecule has 0 aromatic carbocycles. The minimum atomic E-state index is -0.000602. The van der Waals surface area contributed by atoms with Crippen LogP contribution in [0.25, 0.3) is 11.2 Å². The zero-order valence-corrected chi connectivity index (χ0v) is 6.68. The van der Waals surface area contributed by atoms with Crippen molar-refractivity contribution < 1.29 is 4.74 Å². The molecule has 0 atom stereocenters. The van der Waals surface area contributed by atoms with E-state index in [1.54, 1.807) is 0 Å². The standard InChI is InChI=1S/C6H5N5O2/c1-13-6-9-4-3(7-2-8-4)5(10-6)11-12/h2H,1H3,(H,7,8,9,10). The lowest BCUT2D eigenvalue weighted by Gasteiger charge is -1.96. The Hall–Kier alpha value is -2.05. The summed E-state index contributed by atoms with van der Waals surface area (Å²) < 4.78 is 4.76. The molecular formula is C6H5N5O2. The van der Waals surface area contributed by atoms with E-state index in [9.17, 15) is 4.91 Å². The van der Waals surface area contributed by atoms with Gasteiger partial charge in [-0.2, -0.15) is 9.97 Å². The van der Waals surface area contributed by atoms with Gasteiger partial charge in [-0.05, 0) is 5.18 Å². The number of nitrogens with one attached hydrogen (secondary N) is 1. The molecule has 2 aromatic heterocycles. The Morgan fingerprint density at radius 3 is 3.08 bits per heavy atom. The SMILES string of the molecule is COc1nc(N=O)c2[nH]cnc2n1. The average molecular weight is 179 g/mol. The maximum absolute atomic E-state index is 10.3. The first kappa shape index (κ1) is 7.59. The Kier molecular flexibility index (Phi) is 1.62. The molecule has 0 aliphatic carbocycles. The smallest absolute Gasteiger partial charge is 0.320 e. The molecule has 0 amide bonds. The number of ether oxygens (including phenoxy) is 1. The average Bonchev–Trinajstić information content (AvgIpc) is 2.63. The van der Waals surface area contributed by atoms with Gasteiger partial charge in [-0.1, -0.05) is 0 Å². The number of nitrogens with zero attached hydrogens (tertiary/aromatic N) is 4. The van der Waals surface area contributed by atoms with Crippen molar-refractivity contribution in [3.8, 4) is 6.01 Å². The molecule has 0 bridgehead atoms. The van der Waals surface area contributed by atoms with Crippen molar-refractivity contribution in [3.05, 3.63) is 11.2 Å². The van der Waals surface area contributed by atoms with Gasteiger partial charge >= 0.3 is 6.01 Å². The fraction of sp³-hybridized carbons (Fsp3) is 0.167. The second kappa shape index (κ2) is 2.77. The van der Waals surface area contributed by atoms with Crippen LogP contribution in [0.4, 0.5) is 5.82 Å². The van der Waals surface area contributed by atoms with Crippen LogP contribution in [-0.4, -0.2) is 27.0 Å². The Morgan fingerprint density at radius 2 is 2.38 bits per heavy atom. The van der Waals surface area contributed by atoms with E-state index in [0.29, 0.717) is 11.2 Å². The molecule has 0 aliphatic rings. The van der Waals surface area contributed by atoms with Crippen molar-refractivity contribution in [1.82, 2.24) is 19.9 Å². The molecule has 0 saturated carbocycles. The number of hydrogen-bond donors (Lipinski definition) is 1. The maximum Gasteiger partial charge on any atom is 0.320 e. The van der Waals surface area contributed by atoms with Gasteiger partial charge in [0, 0.05) is 0 Å². The molecule has 1 N–H and O–H groups in total. The van der Waals surface area contributed by atoms with Crippen molar-refractivity contribution in [2.45, 2.75) is 0 Å². The van der Waals surface area contributed by atoms with Gasteiger partial charge in [0.15, 0.2) is 5.65 Å². The first-order valence-corrected chi connectivity index (χ1v) is 3.43. The molecule has 13 heavy (non-hydrogen) atoms. The van der Waals surface area contributed by atoms with Crippen LogP contribution in [0, 0.1) is 4.91 Å². The minimum absolute atomic E-state index is 0.000602. The third kappa shape index (κ3) is 1.10. The molecule has 7 nitrogen and oxygen atoms in total. The molecule has 0 unspecified atom stereocenters. The fourth-order valence-corrected chi connectivity index (χ4v) is 0.956. The summed E-state index contributed by atoms with van der Waals surface area (Å²) >= 11 is 0. The molecule has 2 rings (SSSR count). The molecule has 0 saturated heterocycles. The van der Waals surface area contributed by atoms with Gasteiger partial charge in [-0.15, -0.1) is 4.91 Å². The van der Waals surface area contributed by atoms with Crippen LogP contribution in [0.5, 0.6) is 6.01 Å². The predicted molar refractivity (Wildman–Crippen MR) is 43.7 cm³/mol. The van der Waals surface area contributed by atoms with Crippen LogP contribution < -0.4 is 4.74 Å². The molecule has 2 heterocycles. The van der Waals surface area contributed by atoms with Gasteiger partial charge in [0.05, 0.1) is 13.4 Å². The number of imidazole rings is 1. The van der Waals surface area contributed by atoms with Crippen LogP contribution in [0.3, 0.4) is 0 Å². The highest BCUT2D eigenvalue weighted by Crippen LogP contribution is 2.21.